The highest BCUT2D eigenvalue weighted by Gasteiger charge is 1.88. The molecule has 0 spiro atoms. The van der Waals surface area contributed by atoms with Gasteiger partial charge in [0.05, 0.1) is 12.3 Å². The molecule has 0 amide bonds. The summed E-state index contributed by atoms with van der Waals surface area (Å²) in [5.74, 6) is 0. The van der Waals surface area contributed by atoms with Crippen molar-refractivity contribution in [3.8, 4) is 0 Å². The minimum absolute atomic E-state index is 0.740. The summed E-state index contributed by atoms with van der Waals surface area (Å²) >= 11 is 3.34. The predicted molar refractivity (Wildman–Crippen MR) is 65.7 cm³/mol. The molecule has 0 aliphatic carbocycles. The number of aromatic nitrogens is 1. The van der Waals surface area contributed by atoms with E-state index in [1.165, 1.54) is 0 Å². The number of ether oxygens (including phenoxy) is 1. The second-order valence-electron chi connectivity index (χ2n) is 3.00. The predicted octanol–water partition coefficient (Wildman–Crippen LogP) is 2.09. The molecule has 82 valence electrons. The first-order valence-corrected chi connectivity index (χ1v) is 5.60. The van der Waals surface area contributed by atoms with Crippen LogP contribution in [0.15, 0.2) is 28.9 Å². The van der Waals surface area contributed by atoms with Crippen LogP contribution in [0, 0.1) is 0 Å². The Morgan fingerprint density at radius 2 is 2.40 bits per heavy atom. The van der Waals surface area contributed by atoms with E-state index in [4.69, 9.17) is 4.74 Å². The molecule has 0 aliphatic heterocycles. The van der Waals surface area contributed by atoms with Gasteiger partial charge in [-0.2, -0.15) is 0 Å². The highest BCUT2D eigenvalue weighted by atomic mass is 79.9. The van der Waals surface area contributed by atoms with E-state index in [1.807, 2.05) is 24.3 Å². The molecule has 0 bridgehead atoms. The number of methoxy groups -OCH3 is 1. The molecule has 4 heteroatoms. The smallest absolute Gasteiger partial charge is 0.0627 e. The SMILES string of the molecule is COCCNC/C=C/c1ccc(Br)cn1. The van der Waals surface area contributed by atoms with Crippen LogP contribution in [-0.4, -0.2) is 31.8 Å². The minimum atomic E-state index is 0.740. The molecule has 0 fully saturated rings. The minimum Gasteiger partial charge on any atom is -0.383 e. The van der Waals surface area contributed by atoms with Crippen molar-refractivity contribution in [1.29, 1.82) is 0 Å². The first-order chi connectivity index (χ1) is 7.33. The third-order valence-corrected chi connectivity index (χ3v) is 2.25. The van der Waals surface area contributed by atoms with Crippen LogP contribution in [0.4, 0.5) is 0 Å². The summed E-state index contributed by atoms with van der Waals surface area (Å²) in [6, 6.07) is 3.95. The number of hydrogen-bond donors (Lipinski definition) is 1. The van der Waals surface area contributed by atoms with Crippen LogP contribution in [0.2, 0.25) is 0 Å². The van der Waals surface area contributed by atoms with E-state index in [9.17, 15) is 0 Å². The molecule has 1 rings (SSSR count). The zero-order valence-corrected chi connectivity index (χ0v) is 10.3. The molecule has 1 aromatic rings. The van der Waals surface area contributed by atoms with E-state index in [0.29, 0.717) is 0 Å². The third-order valence-electron chi connectivity index (χ3n) is 1.78. The Kier molecular flexibility index (Phi) is 6.23. The first-order valence-electron chi connectivity index (χ1n) is 4.80. The number of nitrogens with zero attached hydrogens (tertiary/aromatic N) is 1. The van der Waals surface area contributed by atoms with Gasteiger partial charge in [0.15, 0.2) is 0 Å². The van der Waals surface area contributed by atoms with Crippen LogP contribution in [-0.2, 0) is 4.74 Å². The molecule has 1 N–H and O–H groups in total. The Labute approximate surface area is 98.7 Å². The van der Waals surface area contributed by atoms with Crippen LogP contribution in [0.1, 0.15) is 5.69 Å². The van der Waals surface area contributed by atoms with E-state index >= 15 is 0 Å². The van der Waals surface area contributed by atoms with Crippen molar-refractivity contribution in [1.82, 2.24) is 10.3 Å². The molecular formula is C11H15BrN2O. The van der Waals surface area contributed by atoms with Crippen LogP contribution >= 0.6 is 15.9 Å². The van der Waals surface area contributed by atoms with Crippen molar-refractivity contribution in [3.05, 3.63) is 34.6 Å². The summed E-state index contributed by atoms with van der Waals surface area (Å²) in [7, 11) is 1.70. The maximum atomic E-state index is 4.92. The molecular weight excluding hydrogens is 256 g/mol. The van der Waals surface area contributed by atoms with Crippen molar-refractivity contribution in [2.45, 2.75) is 0 Å². The molecule has 1 heterocycles. The summed E-state index contributed by atoms with van der Waals surface area (Å²) in [6.45, 7) is 2.44. The molecule has 15 heavy (non-hydrogen) atoms. The number of rotatable bonds is 6. The number of halogens is 1. The van der Waals surface area contributed by atoms with Gasteiger partial charge in [-0.05, 0) is 34.1 Å². The molecule has 0 saturated carbocycles. The maximum absolute atomic E-state index is 4.92. The van der Waals surface area contributed by atoms with Gasteiger partial charge in [-0.3, -0.25) is 4.98 Å². The van der Waals surface area contributed by atoms with Crippen molar-refractivity contribution >= 4 is 22.0 Å². The molecule has 0 radical (unpaired) electrons. The summed E-state index contributed by atoms with van der Waals surface area (Å²) < 4.78 is 5.91. The summed E-state index contributed by atoms with van der Waals surface area (Å²) in [5.41, 5.74) is 0.965. The van der Waals surface area contributed by atoms with Gasteiger partial charge in [-0.15, -0.1) is 0 Å². The van der Waals surface area contributed by atoms with Crippen molar-refractivity contribution in [2.75, 3.05) is 26.8 Å². The average Bonchev–Trinajstić information content (AvgIpc) is 2.26. The van der Waals surface area contributed by atoms with E-state index in [0.717, 1.165) is 29.9 Å². The summed E-state index contributed by atoms with van der Waals surface area (Å²) in [5, 5.41) is 3.22. The molecule has 0 aliphatic rings. The van der Waals surface area contributed by atoms with Crippen LogP contribution < -0.4 is 5.32 Å². The number of nitrogens with one attached hydrogen (secondary N) is 1. The van der Waals surface area contributed by atoms with Gasteiger partial charge in [-0.25, -0.2) is 0 Å². The van der Waals surface area contributed by atoms with Crippen molar-refractivity contribution in [3.63, 3.8) is 0 Å². The second kappa shape index (κ2) is 7.56. The highest BCUT2D eigenvalue weighted by molar-refractivity contribution is 9.10. The largest absolute Gasteiger partial charge is 0.383 e. The maximum Gasteiger partial charge on any atom is 0.0627 e. The quantitative estimate of drug-likeness (QED) is 0.804. The summed E-state index contributed by atoms with van der Waals surface area (Å²) in [6.07, 6.45) is 5.83. The Balaban J connectivity index is 2.23. The van der Waals surface area contributed by atoms with Gasteiger partial charge >= 0.3 is 0 Å². The topological polar surface area (TPSA) is 34.1 Å². The average molecular weight is 271 g/mol. The molecule has 0 saturated heterocycles. The molecule has 0 unspecified atom stereocenters. The fraction of sp³-hybridized carbons (Fsp3) is 0.364. The van der Waals surface area contributed by atoms with Gasteiger partial charge in [0, 0.05) is 30.9 Å². The Hall–Kier alpha value is -0.710. The van der Waals surface area contributed by atoms with E-state index < -0.39 is 0 Å². The third kappa shape index (κ3) is 5.67. The standard InChI is InChI=1S/C11H15BrN2O/c1-15-8-7-13-6-2-3-11-5-4-10(12)9-14-11/h2-5,9,13H,6-8H2,1H3/b3-2+. The van der Waals surface area contributed by atoms with Gasteiger partial charge in [0.25, 0.3) is 0 Å². The molecule has 3 nitrogen and oxygen atoms in total. The van der Waals surface area contributed by atoms with Gasteiger partial charge < -0.3 is 10.1 Å². The van der Waals surface area contributed by atoms with Crippen LogP contribution in [0.3, 0.4) is 0 Å². The molecule has 0 aromatic carbocycles. The lowest BCUT2D eigenvalue weighted by Crippen LogP contribution is -2.18. The van der Waals surface area contributed by atoms with E-state index in [-0.39, 0.29) is 0 Å². The normalized spacial score (nSPS) is 11.1. The zero-order chi connectivity index (χ0) is 10.9. The lowest BCUT2D eigenvalue weighted by molar-refractivity contribution is 0.200. The Bertz CT molecular complexity index is 298. The van der Waals surface area contributed by atoms with Crippen LogP contribution in [0.5, 0.6) is 0 Å². The van der Waals surface area contributed by atoms with Crippen molar-refractivity contribution < 1.29 is 4.74 Å². The fourth-order valence-electron chi connectivity index (χ4n) is 1.03. The molecule has 0 atom stereocenters. The lowest BCUT2D eigenvalue weighted by Gasteiger charge is -1.98. The lowest BCUT2D eigenvalue weighted by atomic mass is 10.3. The van der Waals surface area contributed by atoms with Gasteiger partial charge in [0.2, 0.25) is 0 Å². The number of pyridine rings is 1. The molecule has 1 aromatic heterocycles. The van der Waals surface area contributed by atoms with E-state index in [1.54, 1.807) is 13.3 Å². The highest BCUT2D eigenvalue weighted by Crippen LogP contribution is 2.07. The Morgan fingerprint density at radius 1 is 1.53 bits per heavy atom. The van der Waals surface area contributed by atoms with Crippen LogP contribution in [0.25, 0.3) is 6.08 Å². The second-order valence-corrected chi connectivity index (χ2v) is 3.92. The first kappa shape index (κ1) is 12.4. The van der Waals surface area contributed by atoms with Gasteiger partial charge in [-0.1, -0.05) is 6.08 Å². The van der Waals surface area contributed by atoms with E-state index in [2.05, 4.69) is 26.2 Å². The zero-order valence-electron chi connectivity index (χ0n) is 8.74. The Morgan fingerprint density at radius 3 is 3.07 bits per heavy atom. The number of hydrogen-bond acceptors (Lipinski definition) is 3. The summed E-state index contributed by atoms with van der Waals surface area (Å²) in [4.78, 5) is 4.23. The fourth-order valence-corrected chi connectivity index (χ4v) is 1.26. The monoisotopic (exact) mass is 270 g/mol. The van der Waals surface area contributed by atoms with Crippen molar-refractivity contribution in [2.24, 2.45) is 0 Å². The van der Waals surface area contributed by atoms with Gasteiger partial charge in [0.1, 0.15) is 0 Å².